The van der Waals surface area contributed by atoms with Crippen LogP contribution in [0.5, 0.6) is 5.75 Å². The summed E-state index contributed by atoms with van der Waals surface area (Å²) in [6.45, 7) is -0.204. The molecule has 0 atom stereocenters. The highest BCUT2D eigenvalue weighted by atomic mass is 79.9. The molecule has 5 nitrogen and oxygen atoms in total. The van der Waals surface area contributed by atoms with Gasteiger partial charge in [0.2, 0.25) is 0 Å². The zero-order chi connectivity index (χ0) is 13.8. The number of carbonyl (C=O) groups excluding carboxylic acids is 1. The van der Waals surface area contributed by atoms with Crippen LogP contribution in [0, 0.1) is 0 Å². The molecule has 2 aromatic rings. The van der Waals surface area contributed by atoms with Crippen molar-refractivity contribution in [2.75, 3.05) is 5.32 Å². The summed E-state index contributed by atoms with van der Waals surface area (Å²) < 4.78 is 0.680. The fourth-order valence-electron chi connectivity index (χ4n) is 1.56. The van der Waals surface area contributed by atoms with Gasteiger partial charge in [0.15, 0.2) is 0 Å². The van der Waals surface area contributed by atoms with Crippen LogP contribution >= 0.6 is 15.9 Å². The number of benzene rings is 1. The van der Waals surface area contributed by atoms with Crippen molar-refractivity contribution in [2.45, 2.75) is 6.61 Å². The summed E-state index contributed by atoms with van der Waals surface area (Å²) in [5.41, 5.74) is 1.12. The molecule has 19 heavy (non-hydrogen) atoms. The predicted molar refractivity (Wildman–Crippen MR) is 73.9 cm³/mol. The second-order valence-electron chi connectivity index (χ2n) is 3.81. The number of nitrogens with zero attached hydrogens (tertiary/aromatic N) is 1. The van der Waals surface area contributed by atoms with Crippen molar-refractivity contribution in [1.82, 2.24) is 4.98 Å². The van der Waals surface area contributed by atoms with Gasteiger partial charge in [0.25, 0.3) is 5.91 Å². The summed E-state index contributed by atoms with van der Waals surface area (Å²) in [7, 11) is 0. The maximum Gasteiger partial charge on any atom is 0.259 e. The van der Waals surface area contributed by atoms with Gasteiger partial charge in [-0.05, 0) is 24.3 Å². The standard InChI is InChI=1S/C13H11BrN2O3/c14-9-1-2-10(12(18)5-9)13(19)16-11-6-15-4-3-8(11)7-17/h1-6,17-18H,7H2,(H,16,19). The smallest absolute Gasteiger partial charge is 0.259 e. The van der Waals surface area contributed by atoms with Gasteiger partial charge in [-0.3, -0.25) is 9.78 Å². The van der Waals surface area contributed by atoms with E-state index in [2.05, 4.69) is 26.2 Å². The number of anilines is 1. The lowest BCUT2D eigenvalue weighted by atomic mass is 10.1. The number of halogens is 1. The van der Waals surface area contributed by atoms with Crippen LogP contribution in [0.1, 0.15) is 15.9 Å². The van der Waals surface area contributed by atoms with Gasteiger partial charge in [0.1, 0.15) is 5.75 Å². The molecule has 1 aromatic carbocycles. The number of hydrogen-bond donors (Lipinski definition) is 3. The molecule has 0 aliphatic rings. The first-order valence-electron chi connectivity index (χ1n) is 5.45. The molecule has 0 aliphatic heterocycles. The molecule has 0 fully saturated rings. The van der Waals surface area contributed by atoms with Crippen molar-refractivity contribution >= 4 is 27.5 Å². The molecule has 1 amide bonds. The summed E-state index contributed by atoms with van der Waals surface area (Å²) in [4.78, 5) is 15.9. The van der Waals surface area contributed by atoms with E-state index in [-0.39, 0.29) is 17.9 Å². The van der Waals surface area contributed by atoms with Gasteiger partial charge in [-0.25, -0.2) is 0 Å². The van der Waals surface area contributed by atoms with Gasteiger partial charge in [-0.1, -0.05) is 15.9 Å². The molecule has 0 saturated heterocycles. The Morgan fingerprint density at radius 3 is 2.84 bits per heavy atom. The Kier molecular flexibility index (Phi) is 4.13. The summed E-state index contributed by atoms with van der Waals surface area (Å²) in [5.74, 6) is -0.589. The third-order valence-corrected chi connectivity index (χ3v) is 3.03. The predicted octanol–water partition coefficient (Wildman–Crippen LogP) is 2.29. The third kappa shape index (κ3) is 3.10. The Morgan fingerprint density at radius 2 is 2.16 bits per heavy atom. The van der Waals surface area contributed by atoms with Gasteiger partial charge in [0.05, 0.1) is 24.1 Å². The molecule has 0 aliphatic carbocycles. The summed E-state index contributed by atoms with van der Waals surface area (Å²) in [6.07, 6.45) is 2.97. The maximum atomic E-state index is 12.0. The average molecular weight is 323 g/mol. The fraction of sp³-hybridized carbons (Fsp3) is 0.0769. The summed E-state index contributed by atoms with van der Waals surface area (Å²) >= 11 is 3.20. The van der Waals surface area contributed by atoms with Crippen LogP contribution in [-0.4, -0.2) is 21.1 Å². The number of aliphatic hydroxyl groups is 1. The quantitative estimate of drug-likeness (QED) is 0.809. The van der Waals surface area contributed by atoms with Crippen molar-refractivity contribution in [3.05, 3.63) is 52.3 Å². The van der Waals surface area contributed by atoms with Crippen molar-refractivity contribution in [3.63, 3.8) is 0 Å². The molecule has 0 unspecified atom stereocenters. The Morgan fingerprint density at radius 1 is 1.37 bits per heavy atom. The minimum atomic E-state index is -0.465. The van der Waals surface area contributed by atoms with Crippen LogP contribution in [0.3, 0.4) is 0 Å². The number of aliphatic hydroxyl groups excluding tert-OH is 1. The molecule has 0 spiro atoms. The molecule has 0 bridgehead atoms. The highest BCUT2D eigenvalue weighted by Gasteiger charge is 2.13. The highest BCUT2D eigenvalue weighted by Crippen LogP contribution is 2.23. The molecular weight excluding hydrogens is 312 g/mol. The monoisotopic (exact) mass is 322 g/mol. The van der Waals surface area contributed by atoms with Crippen molar-refractivity contribution in [2.24, 2.45) is 0 Å². The molecule has 6 heteroatoms. The topological polar surface area (TPSA) is 82.5 Å². The van der Waals surface area contributed by atoms with Crippen LogP contribution < -0.4 is 5.32 Å². The Balaban J connectivity index is 2.26. The van der Waals surface area contributed by atoms with Crippen LogP contribution in [0.2, 0.25) is 0 Å². The zero-order valence-corrected chi connectivity index (χ0v) is 11.4. The number of phenolic OH excluding ortho intramolecular Hbond substituents is 1. The number of nitrogens with one attached hydrogen (secondary N) is 1. The highest BCUT2D eigenvalue weighted by molar-refractivity contribution is 9.10. The second kappa shape index (κ2) is 5.81. The molecule has 0 saturated carbocycles. The Hall–Kier alpha value is -1.92. The van der Waals surface area contributed by atoms with Gasteiger partial charge in [-0.15, -0.1) is 0 Å². The van der Waals surface area contributed by atoms with Gasteiger partial charge >= 0.3 is 0 Å². The lowest BCUT2D eigenvalue weighted by Gasteiger charge is -2.09. The van der Waals surface area contributed by atoms with E-state index < -0.39 is 5.91 Å². The van der Waals surface area contributed by atoms with Crippen molar-refractivity contribution in [3.8, 4) is 5.75 Å². The number of aromatic hydroxyl groups is 1. The van der Waals surface area contributed by atoms with E-state index in [9.17, 15) is 9.90 Å². The van der Waals surface area contributed by atoms with Crippen molar-refractivity contribution in [1.29, 1.82) is 0 Å². The third-order valence-electron chi connectivity index (χ3n) is 2.53. The molecule has 98 valence electrons. The fourth-order valence-corrected chi connectivity index (χ4v) is 1.91. The van der Waals surface area contributed by atoms with Crippen LogP contribution in [0.4, 0.5) is 5.69 Å². The number of amides is 1. The van der Waals surface area contributed by atoms with Crippen LogP contribution in [0.25, 0.3) is 0 Å². The Labute approximate surface area is 118 Å². The van der Waals surface area contributed by atoms with Gasteiger partial charge in [-0.2, -0.15) is 0 Å². The van der Waals surface area contributed by atoms with E-state index >= 15 is 0 Å². The number of pyridine rings is 1. The maximum absolute atomic E-state index is 12.0. The average Bonchev–Trinajstić information content (AvgIpc) is 2.39. The minimum absolute atomic E-state index is 0.124. The van der Waals surface area contributed by atoms with E-state index in [0.717, 1.165) is 0 Å². The number of phenols is 1. The zero-order valence-electron chi connectivity index (χ0n) is 9.80. The summed E-state index contributed by atoms with van der Waals surface area (Å²) in [6, 6.07) is 6.21. The van der Waals surface area contributed by atoms with E-state index in [1.54, 1.807) is 12.1 Å². The van der Waals surface area contributed by atoms with Gasteiger partial charge < -0.3 is 15.5 Å². The van der Waals surface area contributed by atoms with Gasteiger partial charge in [0, 0.05) is 16.2 Å². The SMILES string of the molecule is O=C(Nc1cnccc1CO)c1ccc(Br)cc1O. The Bertz CT molecular complexity index is 617. The number of hydrogen-bond acceptors (Lipinski definition) is 4. The first-order valence-corrected chi connectivity index (χ1v) is 6.24. The molecule has 2 rings (SSSR count). The van der Waals surface area contributed by atoms with E-state index in [4.69, 9.17) is 5.11 Å². The summed E-state index contributed by atoms with van der Waals surface area (Å²) in [5, 5.41) is 21.5. The second-order valence-corrected chi connectivity index (χ2v) is 4.72. The lowest BCUT2D eigenvalue weighted by Crippen LogP contribution is -2.13. The molecule has 0 radical (unpaired) electrons. The van der Waals surface area contributed by atoms with Crippen LogP contribution in [-0.2, 0) is 6.61 Å². The number of carbonyl (C=O) groups is 1. The molecule has 3 N–H and O–H groups in total. The molecular formula is C13H11BrN2O3. The number of aromatic nitrogens is 1. The minimum Gasteiger partial charge on any atom is -0.507 e. The van der Waals surface area contributed by atoms with Crippen molar-refractivity contribution < 1.29 is 15.0 Å². The largest absolute Gasteiger partial charge is 0.507 e. The van der Waals surface area contributed by atoms with E-state index in [1.165, 1.54) is 24.5 Å². The normalized spacial score (nSPS) is 10.2. The van der Waals surface area contributed by atoms with Crippen LogP contribution in [0.15, 0.2) is 41.1 Å². The van der Waals surface area contributed by atoms with E-state index in [1.807, 2.05) is 0 Å². The molecule has 1 heterocycles. The van der Waals surface area contributed by atoms with E-state index in [0.29, 0.717) is 15.7 Å². The lowest BCUT2D eigenvalue weighted by molar-refractivity contribution is 0.102. The molecule has 1 aromatic heterocycles. The first-order chi connectivity index (χ1) is 9.11. The number of rotatable bonds is 3. The first kappa shape index (κ1) is 13.5.